The van der Waals surface area contributed by atoms with E-state index in [1.54, 1.807) is 13.0 Å². The van der Waals surface area contributed by atoms with Gasteiger partial charge in [0.05, 0.1) is 26.3 Å². The molecule has 9 heteroatoms. The zero-order chi connectivity index (χ0) is 17.5. The van der Waals surface area contributed by atoms with E-state index >= 15 is 0 Å². The van der Waals surface area contributed by atoms with Crippen molar-refractivity contribution in [2.24, 2.45) is 0 Å². The van der Waals surface area contributed by atoms with Crippen LogP contribution >= 0.6 is 23.2 Å². The molecule has 2 aromatic carbocycles. The number of carbonyl (C=O) groups is 1. The summed E-state index contributed by atoms with van der Waals surface area (Å²) in [5, 5.41) is 3.06. The molecule has 24 heavy (non-hydrogen) atoms. The molecule has 1 atom stereocenters. The maximum Gasteiger partial charge on any atom is 0.265 e. The minimum Gasteiger partial charge on any atom is -0.479 e. The van der Waals surface area contributed by atoms with Crippen LogP contribution in [0.2, 0.25) is 10.0 Å². The van der Waals surface area contributed by atoms with Gasteiger partial charge >= 0.3 is 0 Å². The second kappa shape index (κ2) is 6.16. The fraction of sp³-hybridized carbons (Fsp3) is 0.133. The van der Waals surface area contributed by atoms with Crippen LogP contribution in [0.4, 0.5) is 11.4 Å². The maximum absolute atomic E-state index is 12.4. The Morgan fingerprint density at radius 2 is 1.88 bits per heavy atom. The first kappa shape index (κ1) is 16.9. The van der Waals surface area contributed by atoms with Crippen molar-refractivity contribution in [2.75, 3.05) is 10.0 Å². The Bertz CT molecular complexity index is 931. The summed E-state index contributed by atoms with van der Waals surface area (Å²) in [6.07, 6.45) is -0.601. The van der Waals surface area contributed by atoms with Gasteiger partial charge in [-0.05, 0) is 43.3 Å². The highest BCUT2D eigenvalue weighted by atomic mass is 35.5. The first-order chi connectivity index (χ1) is 11.3. The number of amides is 1. The van der Waals surface area contributed by atoms with Crippen molar-refractivity contribution in [1.82, 2.24) is 0 Å². The lowest BCUT2D eigenvalue weighted by Gasteiger charge is -2.23. The standard InChI is InChI=1S/C15H12Cl2N2O4S/c1-8-15(20)18-13-6-9(2-5-14(13)23-8)19-24(21,22)10-3-4-11(16)12(17)7-10/h2-8,19H,1H3,(H,18,20). The monoisotopic (exact) mass is 386 g/mol. The van der Waals surface area contributed by atoms with Gasteiger partial charge in [0.1, 0.15) is 5.75 Å². The van der Waals surface area contributed by atoms with E-state index in [-0.39, 0.29) is 26.5 Å². The molecule has 0 saturated heterocycles. The highest BCUT2D eigenvalue weighted by Gasteiger charge is 2.24. The topological polar surface area (TPSA) is 84.5 Å². The molecule has 0 aliphatic carbocycles. The second-order valence-electron chi connectivity index (χ2n) is 5.14. The number of carbonyl (C=O) groups excluding carboxylic acids is 1. The van der Waals surface area contributed by atoms with Gasteiger partial charge in [0, 0.05) is 0 Å². The number of hydrogen-bond donors (Lipinski definition) is 2. The summed E-state index contributed by atoms with van der Waals surface area (Å²) in [5.41, 5.74) is 0.672. The van der Waals surface area contributed by atoms with E-state index in [0.29, 0.717) is 11.4 Å². The molecule has 0 fully saturated rings. The smallest absolute Gasteiger partial charge is 0.265 e. The molecule has 1 aliphatic heterocycles. The number of halogens is 2. The number of fused-ring (bicyclic) bond motifs is 1. The van der Waals surface area contributed by atoms with Crippen LogP contribution in [0, 0.1) is 0 Å². The quantitative estimate of drug-likeness (QED) is 0.844. The van der Waals surface area contributed by atoms with Gasteiger partial charge in [-0.3, -0.25) is 9.52 Å². The van der Waals surface area contributed by atoms with Crippen LogP contribution < -0.4 is 14.8 Å². The summed E-state index contributed by atoms with van der Waals surface area (Å²) in [5.74, 6) is 0.173. The Kier molecular flexibility index (Phi) is 4.33. The van der Waals surface area contributed by atoms with Gasteiger partial charge in [0.2, 0.25) is 0 Å². The van der Waals surface area contributed by atoms with Gasteiger partial charge in [0.15, 0.2) is 6.10 Å². The molecule has 0 saturated carbocycles. The summed E-state index contributed by atoms with van der Waals surface area (Å²) >= 11 is 11.7. The van der Waals surface area contributed by atoms with Crippen LogP contribution in [0.25, 0.3) is 0 Å². The molecule has 1 amide bonds. The van der Waals surface area contributed by atoms with Gasteiger partial charge < -0.3 is 10.1 Å². The SMILES string of the molecule is CC1Oc2ccc(NS(=O)(=O)c3ccc(Cl)c(Cl)c3)cc2NC1=O. The Morgan fingerprint density at radius 3 is 2.58 bits per heavy atom. The first-order valence-electron chi connectivity index (χ1n) is 6.86. The van der Waals surface area contributed by atoms with Crippen molar-refractivity contribution >= 4 is 50.5 Å². The van der Waals surface area contributed by atoms with Crippen LogP contribution in [0.15, 0.2) is 41.3 Å². The van der Waals surface area contributed by atoms with Gasteiger partial charge in [-0.15, -0.1) is 0 Å². The van der Waals surface area contributed by atoms with E-state index in [0.717, 1.165) is 0 Å². The molecule has 6 nitrogen and oxygen atoms in total. The lowest BCUT2D eigenvalue weighted by molar-refractivity contribution is -0.122. The third-order valence-electron chi connectivity index (χ3n) is 3.36. The zero-order valence-electron chi connectivity index (χ0n) is 12.3. The van der Waals surface area contributed by atoms with Gasteiger partial charge in [-0.1, -0.05) is 23.2 Å². The maximum atomic E-state index is 12.4. The lowest BCUT2D eigenvalue weighted by atomic mass is 10.2. The minimum absolute atomic E-state index is 0.0245. The largest absolute Gasteiger partial charge is 0.479 e. The van der Waals surface area contributed by atoms with Crippen LogP contribution in [0.5, 0.6) is 5.75 Å². The number of sulfonamides is 1. The molecule has 2 N–H and O–H groups in total. The number of hydrogen-bond acceptors (Lipinski definition) is 4. The Labute approximate surface area is 148 Å². The molecule has 0 radical (unpaired) electrons. The van der Waals surface area contributed by atoms with Gasteiger partial charge in [-0.2, -0.15) is 0 Å². The predicted octanol–water partition coefficient (Wildman–Crippen LogP) is 3.51. The van der Waals surface area contributed by atoms with E-state index in [9.17, 15) is 13.2 Å². The zero-order valence-corrected chi connectivity index (χ0v) is 14.7. The van der Waals surface area contributed by atoms with Crippen molar-refractivity contribution in [3.05, 3.63) is 46.4 Å². The fourth-order valence-electron chi connectivity index (χ4n) is 2.13. The summed E-state index contributed by atoms with van der Waals surface area (Å²) in [6, 6.07) is 8.61. The number of ether oxygens (including phenoxy) is 1. The average molecular weight is 387 g/mol. The Morgan fingerprint density at radius 1 is 1.12 bits per heavy atom. The fourth-order valence-corrected chi connectivity index (χ4v) is 3.57. The van der Waals surface area contributed by atoms with E-state index in [1.165, 1.54) is 30.3 Å². The summed E-state index contributed by atoms with van der Waals surface area (Å²) in [6.45, 7) is 1.62. The molecule has 0 spiro atoms. The normalized spacial score (nSPS) is 16.8. The highest BCUT2D eigenvalue weighted by molar-refractivity contribution is 7.92. The molecule has 1 unspecified atom stereocenters. The van der Waals surface area contributed by atoms with Crippen LogP contribution in [-0.2, 0) is 14.8 Å². The van der Waals surface area contributed by atoms with Crippen LogP contribution in [-0.4, -0.2) is 20.4 Å². The van der Waals surface area contributed by atoms with Gasteiger partial charge in [0.25, 0.3) is 15.9 Å². The molecular weight excluding hydrogens is 375 g/mol. The third-order valence-corrected chi connectivity index (χ3v) is 5.48. The number of benzene rings is 2. The van der Waals surface area contributed by atoms with E-state index in [2.05, 4.69) is 10.0 Å². The summed E-state index contributed by atoms with van der Waals surface area (Å²) in [4.78, 5) is 11.6. The average Bonchev–Trinajstić information content (AvgIpc) is 2.51. The van der Waals surface area contributed by atoms with Gasteiger partial charge in [-0.25, -0.2) is 8.42 Å². The highest BCUT2D eigenvalue weighted by Crippen LogP contribution is 2.33. The van der Waals surface area contributed by atoms with Crippen LogP contribution in [0.1, 0.15) is 6.92 Å². The van der Waals surface area contributed by atoms with Crippen LogP contribution in [0.3, 0.4) is 0 Å². The second-order valence-corrected chi connectivity index (χ2v) is 7.64. The summed E-state index contributed by atoms with van der Waals surface area (Å²) < 4.78 is 32.7. The predicted molar refractivity (Wildman–Crippen MR) is 92.4 cm³/mol. The molecular formula is C15H12Cl2N2O4S. The van der Waals surface area contributed by atoms with Crippen molar-refractivity contribution in [2.45, 2.75) is 17.9 Å². The van der Waals surface area contributed by atoms with Crippen molar-refractivity contribution in [3.63, 3.8) is 0 Å². The molecule has 1 aliphatic rings. The lowest BCUT2D eigenvalue weighted by Crippen LogP contribution is -2.34. The van der Waals surface area contributed by atoms with E-state index in [1.807, 2.05) is 0 Å². The third kappa shape index (κ3) is 3.28. The Hall–Kier alpha value is -1.96. The molecule has 2 aromatic rings. The van der Waals surface area contributed by atoms with E-state index < -0.39 is 16.1 Å². The van der Waals surface area contributed by atoms with Crippen molar-refractivity contribution in [1.29, 1.82) is 0 Å². The molecule has 3 rings (SSSR count). The molecule has 1 heterocycles. The molecule has 0 bridgehead atoms. The minimum atomic E-state index is -3.85. The number of nitrogens with one attached hydrogen (secondary N) is 2. The number of anilines is 2. The molecule has 0 aromatic heterocycles. The van der Waals surface area contributed by atoms with Crippen molar-refractivity contribution in [3.8, 4) is 5.75 Å². The number of rotatable bonds is 3. The molecule has 126 valence electrons. The van der Waals surface area contributed by atoms with Crippen molar-refractivity contribution < 1.29 is 17.9 Å². The Balaban J connectivity index is 1.89. The summed E-state index contributed by atoms with van der Waals surface area (Å²) in [7, 11) is -3.85. The van der Waals surface area contributed by atoms with E-state index in [4.69, 9.17) is 27.9 Å². The first-order valence-corrected chi connectivity index (χ1v) is 9.09.